The molecule has 0 radical (unpaired) electrons. The van der Waals surface area contributed by atoms with Crippen molar-refractivity contribution in [2.75, 3.05) is 12.3 Å². The van der Waals surface area contributed by atoms with Crippen LogP contribution in [0.5, 0.6) is 5.75 Å². The predicted octanol–water partition coefficient (Wildman–Crippen LogP) is 2.29. The van der Waals surface area contributed by atoms with Crippen molar-refractivity contribution in [2.24, 2.45) is 0 Å². The Morgan fingerprint density at radius 3 is 2.83 bits per heavy atom. The summed E-state index contributed by atoms with van der Waals surface area (Å²) >= 11 is 0. The van der Waals surface area contributed by atoms with E-state index < -0.39 is 0 Å². The molecule has 0 saturated heterocycles. The van der Waals surface area contributed by atoms with Crippen LogP contribution in [0.1, 0.15) is 22.8 Å². The summed E-state index contributed by atoms with van der Waals surface area (Å²) in [5.74, 6) is 0.431. The van der Waals surface area contributed by atoms with E-state index in [0.717, 1.165) is 0 Å². The van der Waals surface area contributed by atoms with Crippen LogP contribution in [0.25, 0.3) is 0 Å². The first-order valence-corrected chi connectivity index (χ1v) is 5.69. The summed E-state index contributed by atoms with van der Waals surface area (Å²) in [5, 5.41) is 0. The molecule has 1 aromatic carbocycles. The highest BCUT2D eigenvalue weighted by atomic mass is 16.5. The Morgan fingerprint density at radius 2 is 2.11 bits per heavy atom. The zero-order chi connectivity index (χ0) is 13.0. The standard InChI is InChI=1S/C14H14N2O2/c1-2-18-11-7-10(8-16-9-11)14(17)12-5-3-4-6-13(12)15/h3-9H,2,15H2,1H3. The molecule has 0 saturated carbocycles. The highest BCUT2D eigenvalue weighted by Gasteiger charge is 2.12. The van der Waals surface area contributed by atoms with E-state index in [4.69, 9.17) is 10.5 Å². The largest absolute Gasteiger partial charge is 0.492 e. The molecule has 0 spiro atoms. The molecule has 0 atom stereocenters. The molecule has 4 nitrogen and oxygen atoms in total. The van der Waals surface area contributed by atoms with Crippen molar-refractivity contribution >= 4 is 11.5 Å². The van der Waals surface area contributed by atoms with Gasteiger partial charge in [0.1, 0.15) is 5.75 Å². The topological polar surface area (TPSA) is 65.2 Å². The number of aromatic nitrogens is 1. The van der Waals surface area contributed by atoms with Crippen LogP contribution in [0.4, 0.5) is 5.69 Å². The average Bonchev–Trinajstić information content (AvgIpc) is 2.39. The number of para-hydroxylation sites is 1. The highest BCUT2D eigenvalue weighted by Crippen LogP contribution is 2.18. The van der Waals surface area contributed by atoms with E-state index >= 15 is 0 Å². The molecule has 2 N–H and O–H groups in total. The SMILES string of the molecule is CCOc1cncc(C(=O)c2ccccc2N)c1. The number of hydrogen-bond acceptors (Lipinski definition) is 4. The van der Waals surface area contributed by atoms with Crippen molar-refractivity contribution in [3.05, 3.63) is 53.9 Å². The van der Waals surface area contributed by atoms with Crippen molar-refractivity contribution in [3.8, 4) is 5.75 Å². The van der Waals surface area contributed by atoms with Crippen LogP contribution < -0.4 is 10.5 Å². The van der Waals surface area contributed by atoms with E-state index in [1.54, 1.807) is 36.5 Å². The van der Waals surface area contributed by atoms with Crippen LogP contribution in [-0.2, 0) is 0 Å². The van der Waals surface area contributed by atoms with Crippen molar-refractivity contribution in [2.45, 2.75) is 6.92 Å². The maximum Gasteiger partial charge on any atom is 0.196 e. The zero-order valence-corrected chi connectivity index (χ0v) is 10.1. The van der Waals surface area contributed by atoms with Crippen LogP contribution in [0, 0.1) is 0 Å². The zero-order valence-electron chi connectivity index (χ0n) is 10.1. The molecule has 2 rings (SSSR count). The molecular weight excluding hydrogens is 228 g/mol. The van der Waals surface area contributed by atoms with Crippen LogP contribution in [-0.4, -0.2) is 17.4 Å². The predicted molar refractivity (Wildman–Crippen MR) is 69.7 cm³/mol. The van der Waals surface area contributed by atoms with Gasteiger partial charge in [0.05, 0.1) is 12.8 Å². The van der Waals surface area contributed by atoms with E-state index in [2.05, 4.69) is 4.98 Å². The number of anilines is 1. The smallest absolute Gasteiger partial charge is 0.196 e. The number of hydrogen-bond donors (Lipinski definition) is 1. The quantitative estimate of drug-likeness (QED) is 0.660. The van der Waals surface area contributed by atoms with Gasteiger partial charge in [0, 0.05) is 23.0 Å². The van der Waals surface area contributed by atoms with Gasteiger partial charge in [-0.3, -0.25) is 9.78 Å². The second kappa shape index (κ2) is 5.31. The molecule has 0 bridgehead atoms. The number of ketones is 1. The molecule has 0 aliphatic rings. The van der Waals surface area contributed by atoms with Gasteiger partial charge in [0.25, 0.3) is 0 Å². The monoisotopic (exact) mass is 242 g/mol. The minimum atomic E-state index is -0.151. The fourth-order valence-corrected chi connectivity index (χ4v) is 1.65. The molecular formula is C14H14N2O2. The lowest BCUT2D eigenvalue weighted by atomic mass is 10.0. The first-order chi connectivity index (χ1) is 8.72. The highest BCUT2D eigenvalue weighted by molar-refractivity contribution is 6.12. The first-order valence-electron chi connectivity index (χ1n) is 5.69. The Kier molecular flexibility index (Phi) is 3.57. The van der Waals surface area contributed by atoms with E-state index in [0.29, 0.717) is 29.2 Å². The Bertz CT molecular complexity index is 567. The van der Waals surface area contributed by atoms with Crippen LogP contribution >= 0.6 is 0 Å². The van der Waals surface area contributed by atoms with Gasteiger partial charge in [-0.15, -0.1) is 0 Å². The number of ether oxygens (including phenoxy) is 1. The summed E-state index contributed by atoms with van der Waals surface area (Å²) in [6, 6.07) is 8.65. The lowest BCUT2D eigenvalue weighted by molar-refractivity contribution is 0.103. The molecule has 18 heavy (non-hydrogen) atoms. The number of carbonyl (C=O) groups excluding carboxylic acids is 1. The van der Waals surface area contributed by atoms with Crippen molar-refractivity contribution in [1.82, 2.24) is 4.98 Å². The molecule has 92 valence electrons. The Balaban J connectivity index is 2.34. The molecule has 0 amide bonds. The van der Waals surface area contributed by atoms with Gasteiger partial charge in [-0.25, -0.2) is 0 Å². The summed E-state index contributed by atoms with van der Waals surface area (Å²) in [5.41, 5.74) is 7.20. The number of nitrogens with two attached hydrogens (primary N) is 1. The van der Waals surface area contributed by atoms with Gasteiger partial charge in [-0.05, 0) is 25.1 Å². The number of nitrogens with zero attached hydrogens (tertiary/aromatic N) is 1. The second-order valence-corrected chi connectivity index (χ2v) is 3.76. The number of carbonyl (C=O) groups is 1. The van der Waals surface area contributed by atoms with Crippen LogP contribution in [0.15, 0.2) is 42.7 Å². The van der Waals surface area contributed by atoms with Gasteiger partial charge in [-0.2, -0.15) is 0 Å². The van der Waals surface area contributed by atoms with Crippen molar-refractivity contribution < 1.29 is 9.53 Å². The summed E-state index contributed by atoms with van der Waals surface area (Å²) in [6.45, 7) is 2.41. The molecule has 4 heteroatoms. The summed E-state index contributed by atoms with van der Waals surface area (Å²) in [6.07, 6.45) is 3.09. The van der Waals surface area contributed by atoms with Crippen LogP contribution in [0.2, 0.25) is 0 Å². The maximum atomic E-state index is 12.2. The fourth-order valence-electron chi connectivity index (χ4n) is 1.65. The summed E-state index contributed by atoms with van der Waals surface area (Å²) < 4.78 is 5.32. The second-order valence-electron chi connectivity index (χ2n) is 3.76. The van der Waals surface area contributed by atoms with Gasteiger partial charge >= 0.3 is 0 Å². The minimum Gasteiger partial charge on any atom is -0.492 e. The summed E-state index contributed by atoms with van der Waals surface area (Å²) in [4.78, 5) is 16.2. The molecule has 2 aromatic rings. The van der Waals surface area contributed by atoms with Crippen LogP contribution in [0.3, 0.4) is 0 Å². The maximum absolute atomic E-state index is 12.2. The van der Waals surface area contributed by atoms with Crippen molar-refractivity contribution in [3.63, 3.8) is 0 Å². The Morgan fingerprint density at radius 1 is 1.33 bits per heavy atom. The summed E-state index contributed by atoms with van der Waals surface area (Å²) in [7, 11) is 0. The van der Waals surface area contributed by atoms with E-state index in [1.807, 2.05) is 6.92 Å². The van der Waals surface area contributed by atoms with E-state index in [-0.39, 0.29) is 5.78 Å². The van der Waals surface area contributed by atoms with Crippen molar-refractivity contribution in [1.29, 1.82) is 0 Å². The molecule has 0 aliphatic heterocycles. The number of rotatable bonds is 4. The van der Waals surface area contributed by atoms with Gasteiger partial charge in [0.2, 0.25) is 0 Å². The molecule has 0 fully saturated rings. The molecule has 1 aromatic heterocycles. The fraction of sp³-hybridized carbons (Fsp3) is 0.143. The minimum absolute atomic E-state index is 0.151. The van der Waals surface area contributed by atoms with E-state index in [9.17, 15) is 4.79 Å². The molecule has 0 aliphatic carbocycles. The Labute approximate surface area is 105 Å². The molecule has 0 unspecified atom stereocenters. The normalized spacial score (nSPS) is 10.1. The third-order valence-corrected chi connectivity index (χ3v) is 2.49. The first kappa shape index (κ1) is 12.1. The van der Waals surface area contributed by atoms with E-state index in [1.165, 1.54) is 6.20 Å². The third-order valence-electron chi connectivity index (χ3n) is 2.49. The molecule has 1 heterocycles. The Hall–Kier alpha value is -2.36. The number of nitrogen functional groups attached to an aromatic ring is 1. The lowest BCUT2D eigenvalue weighted by Gasteiger charge is -2.06. The third kappa shape index (κ3) is 2.48. The average molecular weight is 242 g/mol. The van der Waals surface area contributed by atoms with Gasteiger partial charge < -0.3 is 10.5 Å². The number of pyridine rings is 1. The van der Waals surface area contributed by atoms with Gasteiger partial charge in [-0.1, -0.05) is 12.1 Å². The van der Waals surface area contributed by atoms with Gasteiger partial charge in [0.15, 0.2) is 5.78 Å². The lowest BCUT2D eigenvalue weighted by Crippen LogP contribution is -2.06. The number of benzene rings is 1.